The van der Waals surface area contributed by atoms with Crippen LogP contribution in [0.25, 0.3) is 0 Å². The summed E-state index contributed by atoms with van der Waals surface area (Å²) < 4.78 is 68.6. The first-order valence-electron chi connectivity index (χ1n) is 40.0. The topological polar surface area (TPSA) is 237 Å². The fourth-order valence-electron chi connectivity index (χ4n) is 11.8. The first kappa shape index (κ1) is 94.1. The summed E-state index contributed by atoms with van der Waals surface area (Å²) >= 11 is 0. The average Bonchev–Trinajstić information content (AvgIpc) is 1.11. The predicted molar refractivity (Wildman–Crippen MR) is 391 cm³/mol. The number of phosphoric acid groups is 2. The molecule has 0 aromatic rings. The second-order valence-electron chi connectivity index (χ2n) is 28.7. The number of hydrogen-bond acceptors (Lipinski definition) is 15. The highest BCUT2D eigenvalue weighted by Gasteiger charge is 2.30. The van der Waals surface area contributed by atoms with Crippen LogP contribution in [0.15, 0.2) is 0 Å². The SMILES string of the molecule is CCCCCCCCCCCCCCCCCCC(=O)O[C@H](COC(=O)CCCCCCCCCCCCCCC(C)C)COP(=O)(O)OC[C@@H](O)COP(=O)(O)OC[C@@H](COC(=O)CCCCCCCCCC(C)C)OC(=O)CCCCCCCCCCCCCCCCC. The minimum Gasteiger partial charge on any atom is -0.462 e. The summed E-state index contributed by atoms with van der Waals surface area (Å²) in [5.41, 5.74) is 0. The van der Waals surface area contributed by atoms with E-state index in [4.69, 9.17) is 37.0 Å². The fourth-order valence-corrected chi connectivity index (χ4v) is 13.4. The molecular weight excluding hydrogens is 1260 g/mol. The lowest BCUT2D eigenvalue weighted by molar-refractivity contribution is -0.161. The molecule has 570 valence electrons. The summed E-state index contributed by atoms with van der Waals surface area (Å²) in [5.74, 6) is -0.626. The highest BCUT2D eigenvalue weighted by atomic mass is 31.2. The van der Waals surface area contributed by atoms with Gasteiger partial charge < -0.3 is 33.8 Å². The van der Waals surface area contributed by atoms with Gasteiger partial charge >= 0.3 is 39.5 Å². The van der Waals surface area contributed by atoms with Crippen LogP contribution in [-0.4, -0.2) is 96.7 Å². The molecule has 0 bridgehead atoms. The van der Waals surface area contributed by atoms with Crippen LogP contribution in [0.4, 0.5) is 0 Å². The van der Waals surface area contributed by atoms with Gasteiger partial charge in [-0.25, -0.2) is 9.13 Å². The van der Waals surface area contributed by atoms with E-state index in [9.17, 15) is 43.2 Å². The van der Waals surface area contributed by atoms with Gasteiger partial charge in [0, 0.05) is 25.7 Å². The molecule has 0 aromatic heterocycles. The third-order valence-corrected chi connectivity index (χ3v) is 19.9. The van der Waals surface area contributed by atoms with E-state index in [1.807, 2.05) is 0 Å². The molecule has 0 aliphatic heterocycles. The molecule has 0 radical (unpaired) electrons. The zero-order valence-electron chi connectivity index (χ0n) is 62.7. The van der Waals surface area contributed by atoms with Crippen molar-refractivity contribution in [2.45, 2.75) is 419 Å². The summed E-state index contributed by atoms with van der Waals surface area (Å²) in [4.78, 5) is 72.9. The van der Waals surface area contributed by atoms with Gasteiger partial charge in [0.25, 0.3) is 0 Å². The van der Waals surface area contributed by atoms with Gasteiger partial charge in [-0.1, -0.05) is 350 Å². The molecule has 0 aliphatic carbocycles. The monoisotopic (exact) mass is 1410 g/mol. The summed E-state index contributed by atoms with van der Waals surface area (Å²) in [6, 6.07) is 0. The molecule has 0 saturated heterocycles. The molecule has 0 saturated carbocycles. The molecule has 3 N–H and O–H groups in total. The minimum absolute atomic E-state index is 0.107. The summed E-state index contributed by atoms with van der Waals surface area (Å²) in [6.07, 6.45) is 56.8. The Balaban J connectivity index is 5.25. The number of esters is 4. The number of aliphatic hydroxyl groups excluding tert-OH is 1. The Morgan fingerprint density at radius 2 is 0.479 bits per heavy atom. The maximum Gasteiger partial charge on any atom is 0.472 e. The zero-order chi connectivity index (χ0) is 70.7. The normalized spacial score (nSPS) is 14.0. The molecule has 96 heavy (non-hydrogen) atoms. The zero-order valence-corrected chi connectivity index (χ0v) is 64.5. The summed E-state index contributed by atoms with van der Waals surface area (Å²) in [7, 11) is -9.91. The lowest BCUT2D eigenvalue weighted by Crippen LogP contribution is -2.30. The van der Waals surface area contributed by atoms with Crippen molar-refractivity contribution in [3.8, 4) is 0 Å². The molecule has 0 fully saturated rings. The van der Waals surface area contributed by atoms with Crippen LogP contribution in [0.2, 0.25) is 0 Å². The number of hydrogen-bond donors (Lipinski definition) is 3. The second-order valence-corrected chi connectivity index (χ2v) is 31.6. The number of aliphatic hydroxyl groups is 1. The van der Waals surface area contributed by atoms with Gasteiger partial charge in [0.2, 0.25) is 0 Å². The maximum atomic E-state index is 13.1. The van der Waals surface area contributed by atoms with E-state index in [2.05, 4.69) is 41.5 Å². The van der Waals surface area contributed by atoms with Crippen molar-refractivity contribution in [3.63, 3.8) is 0 Å². The quantitative estimate of drug-likeness (QED) is 0.0222. The molecule has 17 nitrogen and oxygen atoms in total. The summed E-state index contributed by atoms with van der Waals surface area (Å²) in [5, 5.41) is 10.6. The van der Waals surface area contributed by atoms with Crippen molar-refractivity contribution >= 4 is 39.5 Å². The molecular formula is C77H150O17P2. The van der Waals surface area contributed by atoms with E-state index in [0.29, 0.717) is 31.6 Å². The van der Waals surface area contributed by atoms with Crippen molar-refractivity contribution in [2.24, 2.45) is 11.8 Å². The van der Waals surface area contributed by atoms with Gasteiger partial charge in [-0.15, -0.1) is 0 Å². The maximum absolute atomic E-state index is 13.1. The van der Waals surface area contributed by atoms with E-state index in [-0.39, 0.29) is 25.7 Å². The van der Waals surface area contributed by atoms with Crippen molar-refractivity contribution in [1.82, 2.24) is 0 Å². The second kappa shape index (κ2) is 68.8. The fraction of sp³-hybridized carbons (Fsp3) is 0.948. The van der Waals surface area contributed by atoms with Gasteiger partial charge in [0.05, 0.1) is 26.4 Å². The summed E-state index contributed by atoms with van der Waals surface area (Å²) in [6.45, 7) is 9.57. The Bertz CT molecular complexity index is 1860. The van der Waals surface area contributed by atoms with Crippen LogP contribution in [0, 0.1) is 11.8 Å². The Labute approximate surface area is 588 Å². The predicted octanol–water partition coefficient (Wildman–Crippen LogP) is 22.7. The molecule has 2 unspecified atom stereocenters. The molecule has 0 rings (SSSR count). The van der Waals surface area contributed by atoms with Crippen LogP contribution in [0.5, 0.6) is 0 Å². The van der Waals surface area contributed by atoms with Crippen LogP contribution < -0.4 is 0 Å². The van der Waals surface area contributed by atoms with Gasteiger partial charge in [-0.2, -0.15) is 0 Å². The van der Waals surface area contributed by atoms with Crippen molar-refractivity contribution < 1.29 is 80.2 Å². The van der Waals surface area contributed by atoms with Crippen molar-refractivity contribution in [2.75, 3.05) is 39.6 Å². The third-order valence-electron chi connectivity index (χ3n) is 18.0. The number of ether oxygens (including phenoxy) is 4. The number of phosphoric ester groups is 2. The number of rotatable bonds is 76. The highest BCUT2D eigenvalue weighted by Crippen LogP contribution is 2.45. The third kappa shape index (κ3) is 70.5. The Morgan fingerprint density at radius 1 is 0.281 bits per heavy atom. The van der Waals surface area contributed by atoms with Gasteiger partial charge in [-0.05, 0) is 37.5 Å². The Kier molecular flexibility index (Phi) is 67.4. The molecule has 0 amide bonds. The standard InChI is InChI=1S/C77H150O17P2/c1-7-9-11-13-15-17-19-21-23-25-27-33-37-43-50-56-62-76(81)93-72(65-87-74(79)59-53-47-41-35-31-29-28-30-34-39-45-51-57-69(3)4)67-91-95(83,84)89-63-71(78)64-90-96(85,86)92-68-73(66-88-75(80)60-54-48-44-38-40-46-52-58-70(5)6)94-77(82)61-55-49-42-36-32-26-24-22-20-18-16-14-12-10-8-2/h69-73,78H,7-68H2,1-6H3,(H,83,84)(H,85,86)/t71-,72-,73-/m1/s1. The van der Waals surface area contributed by atoms with Gasteiger partial charge in [0.1, 0.15) is 19.3 Å². The van der Waals surface area contributed by atoms with E-state index in [1.165, 1.54) is 212 Å². The van der Waals surface area contributed by atoms with E-state index < -0.39 is 97.5 Å². The van der Waals surface area contributed by atoms with Gasteiger partial charge in [-0.3, -0.25) is 37.3 Å². The van der Waals surface area contributed by atoms with Crippen LogP contribution in [0.1, 0.15) is 401 Å². The Hall–Kier alpha value is -1.94. The van der Waals surface area contributed by atoms with E-state index in [0.717, 1.165) is 102 Å². The van der Waals surface area contributed by atoms with Crippen LogP contribution >= 0.6 is 15.6 Å². The van der Waals surface area contributed by atoms with Gasteiger partial charge in [0.15, 0.2) is 12.2 Å². The average molecular weight is 1410 g/mol. The first-order valence-corrected chi connectivity index (χ1v) is 43.0. The minimum atomic E-state index is -4.96. The van der Waals surface area contributed by atoms with Crippen molar-refractivity contribution in [1.29, 1.82) is 0 Å². The first-order chi connectivity index (χ1) is 46.4. The molecule has 5 atom stereocenters. The molecule has 0 aliphatic rings. The molecule has 0 heterocycles. The Morgan fingerprint density at radius 3 is 0.708 bits per heavy atom. The molecule has 0 spiro atoms. The van der Waals surface area contributed by atoms with Crippen LogP contribution in [-0.2, 0) is 65.4 Å². The van der Waals surface area contributed by atoms with E-state index >= 15 is 0 Å². The van der Waals surface area contributed by atoms with E-state index in [1.54, 1.807) is 0 Å². The van der Waals surface area contributed by atoms with Crippen molar-refractivity contribution in [3.05, 3.63) is 0 Å². The highest BCUT2D eigenvalue weighted by molar-refractivity contribution is 7.47. The lowest BCUT2D eigenvalue weighted by atomic mass is 10.0. The molecule has 0 aromatic carbocycles. The molecule has 19 heteroatoms. The smallest absolute Gasteiger partial charge is 0.462 e. The lowest BCUT2D eigenvalue weighted by Gasteiger charge is -2.21. The largest absolute Gasteiger partial charge is 0.472 e. The number of unbranched alkanes of at least 4 members (excludes halogenated alkanes) is 46. The number of carbonyl (C=O) groups is 4. The van der Waals surface area contributed by atoms with Crippen LogP contribution in [0.3, 0.4) is 0 Å². The number of carbonyl (C=O) groups excluding carboxylic acids is 4.